The Morgan fingerprint density at radius 3 is 2.75 bits per heavy atom. The van der Waals surface area contributed by atoms with E-state index in [1.54, 1.807) is 18.2 Å². The quantitative estimate of drug-likeness (QED) is 0.882. The molecule has 0 saturated carbocycles. The van der Waals surface area contributed by atoms with Crippen LogP contribution in [-0.4, -0.2) is 47.8 Å². The molecule has 2 amide bonds. The molecule has 1 heterocycles. The number of benzene rings is 1. The lowest BCUT2D eigenvalue weighted by Gasteiger charge is -2.22. The van der Waals surface area contributed by atoms with Crippen LogP contribution in [0.15, 0.2) is 28.7 Å². The van der Waals surface area contributed by atoms with Gasteiger partial charge >= 0.3 is 12.0 Å². The molecular formula is C13H15BrN2O4. The van der Waals surface area contributed by atoms with Crippen LogP contribution >= 0.6 is 15.9 Å². The molecule has 2 unspecified atom stereocenters. The van der Waals surface area contributed by atoms with Gasteiger partial charge in [0.2, 0.25) is 0 Å². The smallest absolute Gasteiger partial charge is 0.326 e. The molecule has 0 aromatic heterocycles. The molecule has 2 N–H and O–H groups in total. The van der Waals surface area contributed by atoms with E-state index in [0.717, 1.165) is 4.47 Å². The number of carboxylic acid groups (broad SMARTS) is 1. The van der Waals surface area contributed by atoms with Crippen molar-refractivity contribution < 1.29 is 19.4 Å². The minimum Gasteiger partial charge on any atom is -0.480 e. The second-order valence-electron chi connectivity index (χ2n) is 4.51. The number of halogens is 1. The summed E-state index contributed by atoms with van der Waals surface area (Å²) in [5, 5.41) is 11.9. The summed E-state index contributed by atoms with van der Waals surface area (Å²) in [7, 11) is 1.51. The molecular weight excluding hydrogens is 328 g/mol. The molecule has 2 rings (SSSR count). The fourth-order valence-corrected chi connectivity index (χ4v) is 2.56. The van der Waals surface area contributed by atoms with E-state index in [1.165, 1.54) is 12.0 Å². The molecule has 1 fully saturated rings. The van der Waals surface area contributed by atoms with Crippen molar-refractivity contribution in [2.75, 3.05) is 19.0 Å². The number of para-hydroxylation sites is 1. The third-order valence-electron chi connectivity index (χ3n) is 3.26. The Morgan fingerprint density at radius 2 is 2.15 bits per heavy atom. The number of carbonyl (C=O) groups is 2. The maximum absolute atomic E-state index is 12.2. The highest BCUT2D eigenvalue weighted by Crippen LogP contribution is 2.25. The zero-order chi connectivity index (χ0) is 14.7. The van der Waals surface area contributed by atoms with Crippen LogP contribution in [0.1, 0.15) is 6.42 Å². The Kier molecular flexibility index (Phi) is 4.61. The lowest BCUT2D eigenvalue weighted by atomic mass is 10.2. The first-order chi connectivity index (χ1) is 9.52. The number of hydrogen-bond donors (Lipinski definition) is 2. The van der Waals surface area contributed by atoms with Crippen LogP contribution < -0.4 is 5.32 Å². The molecule has 1 aliphatic heterocycles. The van der Waals surface area contributed by atoms with Crippen LogP contribution in [0.2, 0.25) is 0 Å². The van der Waals surface area contributed by atoms with E-state index >= 15 is 0 Å². The summed E-state index contributed by atoms with van der Waals surface area (Å²) in [6, 6.07) is 5.85. The SMILES string of the molecule is COC1CC(C(=O)O)N(C(=O)Nc2ccccc2Br)C1. The Labute approximate surface area is 124 Å². The number of aliphatic carboxylic acids is 1. The number of rotatable bonds is 3. The predicted octanol–water partition coefficient (Wildman–Crippen LogP) is 2.15. The summed E-state index contributed by atoms with van der Waals surface area (Å²) in [5.41, 5.74) is 0.600. The number of anilines is 1. The van der Waals surface area contributed by atoms with Crippen molar-refractivity contribution in [3.63, 3.8) is 0 Å². The lowest BCUT2D eigenvalue weighted by Crippen LogP contribution is -2.43. The second kappa shape index (κ2) is 6.23. The van der Waals surface area contributed by atoms with Crippen molar-refractivity contribution in [3.05, 3.63) is 28.7 Å². The maximum Gasteiger partial charge on any atom is 0.326 e. The average molecular weight is 343 g/mol. The highest BCUT2D eigenvalue weighted by atomic mass is 79.9. The van der Waals surface area contributed by atoms with Gasteiger partial charge in [-0.2, -0.15) is 0 Å². The average Bonchev–Trinajstić information content (AvgIpc) is 2.86. The Bertz CT molecular complexity index is 523. The van der Waals surface area contributed by atoms with Crippen molar-refractivity contribution in [2.45, 2.75) is 18.6 Å². The Hall–Kier alpha value is -1.60. The van der Waals surface area contributed by atoms with Gasteiger partial charge in [-0.25, -0.2) is 9.59 Å². The van der Waals surface area contributed by atoms with Gasteiger partial charge in [-0.1, -0.05) is 12.1 Å². The van der Waals surface area contributed by atoms with Gasteiger partial charge in [0.15, 0.2) is 0 Å². The van der Waals surface area contributed by atoms with Gasteiger partial charge in [-0.05, 0) is 28.1 Å². The first-order valence-electron chi connectivity index (χ1n) is 6.10. The van der Waals surface area contributed by atoms with Gasteiger partial charge in [0.05, 0.1) is 11.8 Å². The summed E-state index contributed by atoms with van der Waals surface area (Å²) < 4.78 is 5.89. The van der Waals surface area contributed by atoms with Gasteiger partial charge in [0.1, 0.15) is 6.04 Å². The summed E-state index contributed by atoms with van der Waals surface area (Å²) in [5.74, 6) is -1.02. The number of nitrogens with zero attached hydrogens (tertiary/aromatic N) is 1. The van der Waals surface area contributed by atoms with Gasteiger partial charge < -0.3 is 20.1 Å². The molecule has 0 bridgehead atoms. The number of urea groups is 1. The van der Waals surface area contributed by atoms with Crippen LogP contribution in [0.25, 0.3) is 0 Å². The van der Waals surface area contributed by atoms with Crippen molar-refractivity contribution >= 4 is 33.6 Å². The number of amides is 2. The van der Waals surface area contributed by atoms with E-state index in [9.17, 15) is 14.7 Å². The standard InChI is InChI=1S/C13H15BrN2O4/c1-20-8-6-11(12(17)18)16(7-8)13(19)15-10-5-3-2-4-9(10)14/h2-5,8,11H,6-7H2,1H3,(H,15,19)(H,17,18). The van der Waals surface area contributed by atoms with Crippen LogP contribution in [0.5, 0.6) is 0 Å². The van der Waals surface area contributed by atoms with E-state index in [2.05, 4.69) is 21.2 Å². The first-order valence-corrected chi connectivity index (χ1v) is 6.90. The largest absolute Gasteiger partial charge is 0.480 e. The molecule has 20 heavy (non-hydrogen) atoms. The molecule has 1 saturated heterocycles. The van der Waals surface area contributed by atoms with E-state index in [4.69, 9.17) is 4.74 Å². The lowest BCUT2D eigenvalue weighted by molar-refractivity contribution is -0.141. The monoisotopic (exact) mass is 342 g/mol. The van der Waals surface area contributed by atoms with Crippen LogP contribution in [0.4, 0.5) is 10.5 Å². The highest BCUT2D eigenvalue weighted by molar-refractivity contribution is 9.10. The molecule has 1 aliphatic rings. The number of carboxylic acids is 1. The van der Waals surface area contributed by atoms with Gasteiger partial charge in [0, 0.05) is 24.5 Å². The summed E-state index contributed by atoms with van der Waals surface area (Å²) >= 11 is 3.33. The van der Waals surface area contributed by atoms with E-state index in [1.807, 2.05) is 6.07 Å². The van der Waals surface area contributed by atoms with E-state index in [0.29, 0.717) is 12.1 Å². The Balaban J connectivity index is 2.11. The predicted molar refractivity (Wildman–Crippen MR) is 76.7 cm³/mol. The molecule has 0 radical (unpaired) electrons. The normalized spacial score (nSPS) is 21.8. The van der Waals surface area contributed by atoms with E-state index < -0.39 is 18.0 Å². The minimum absolute atomic E-state index is 0.249. The molecule has 2 atom stereocenters. The van der Waals surface area contributed by atoms with E-state index in [-0.39, 0.29) is 12.6 Å². The van der Waals surface area contributed by atoms with Gasteiger partial charge in [0.25, 0.3) is 0 Å². The Morgan fingerprint density at radius 1 is 1.45 bits per heavy atom. The summed E-state index contributed by atoms with van der Waals surface area (Å²) in [6.45, 7) is 0.268. The number of nitrogens with one attached hydrogen (secondary N) is 1. The van der Waals surface area contributed by atoms with Crippen molar-refractivity contribution in [1.29, 1.82) is 0 Å². The molecule has 6 nitrogen and oxygen atoms in total. The van der Waals surface area contributed by atoms with Crippen molar-refractivity contribution in [3.8, 4) is 0 Å². The molecule has 108 valence electrons. The minimum atomic E-state index is -1.02. The molecule has 0 aliphatic carbocycles. The van der Waals surface area contributed by atoms with Crippen molar-refractivity contribution in [1.82, 2.24) is 4.90 Å². The van der Waals surface area contributed by atoms with Crippen molar-refractivity contribution in [2.24, 2.45) is 0 Å². The van der Waals surface area contributed by atoms with Gasteiger partial charge in [-0.3, -0.25) is 0 Å². The molecule has 1 aromatic rings. The fourth-order valence-electron chi connectivity index (χ4n) is 2.18. The summed E-state index contributed by atoms with van der Waals surface area (Å²) in [6.07, 6.45) is 0.0518. The van der Waals surface area contributed by atoms with Crippen LogP contribution in [-0.2, 0) is 9.53 Å². The molecule has 7 heteroatoms. The topological polar surface area (TPSA) is 78.9 Å². The van der Waals surface area contributed by atoms with Crippen LogP contribution in [0, 0.1) is 0 Å². The zero-order valence-electron chi connectivity index (χ0n) is 10.9. The number of hydrogen-bond acceptors (Lipinski definition) is 3. The number of ether oxygens (including phenoxy) is 1. The third kappa shape index (κ3) is 3.10. The first kappa shape index (κ1) is 14.8. The summed E-state index contributed by atoms with van der Waals surface area (Å²) in [4.78, 5) is 24.7. The molecule has 0 spiro atoms. The molecule has 1 aromatic carbocycles. The fraction of sp³-hybridized carbons (Fsp3) is 0.385. The number of likely N-dealkylation sites (tertiary alicyclic amines) is 1. The zero-order valence-corrected chi connectivity index (χ0v) is 12.5. The number of methoxy groups -OCH3 is 1. The van der Waals surface area contributed by atoms with Gasteiger partial charge in [-0.15, -0.1) is 0 Å². The maximum atomic E-state index is 12.2. The highest BCUT2D eigenvalue weighted by Gasteiger charge is 2.39. The number of carbonyl (C=O) groups excluding carboxylic acids is 1. The van der Waals surface area contributed by atoms with Crippen LogP contribution in [0.3, 0.4) is 0 Å². The third-order valence-corrected chi connectivity index (χ3v) is 3.95. The second-order valence-corrected chi connectivity index (χ2v) is 5.36.